The van der Waals surface area contributed by atoms with E-state index in [2.05, 4.69) is 132 Å². The van der Waals surface area contributed by atoms with Crippen LogP contribution in [0, 0.1) is 0 Å². The predicted molar refractivity (Wildman–Crippen MR) is 193 cm³/mol. The third-order valence-corrected chi connectivity index (χ3v) is 9.17. The van der Waals surface area contributed by atoms with Crippen LogP contribution in [0.5, 0.6) is 0 Å². The van der Waals surface area contributed by atoms with Crippen LogP contribution in [0.2, 0.25) is 0 Å². The molecule has 4 heteroatoms. The number of fused-ring (bicyclic) bond motifs is 5. The van der Waals surface area contributed by atoms with E-state index >= 15 is 0 Å². The first-order valence-corrected chi connectivity index (χ1v) is 16.0. The molecule has 0 aliphatic heterocycles. The Labute approximate surface area is 273 Å². The molecular formula is C43H30N4. The summed E-state index contributed by atoms with van der Waals surface area (Å²) in [5, 5.41) is 2.31. The smallest absolute Gasteiger partial charge is 0.165 e. The number of pyridine rings is 3. The Morgan fingerprint density at radius 3 is 1.89 bits per heavy atom. The van der Waals surface area contributed by atoms with Crippen molar-refractivity contribution in [3.63, 3.8) is 0 Å². The van der Waals surface area contributed by atoms with Gasteiger partial charge in [-0.1, -0.05) is 133 Å². The van der Waals surface area contributed by atoms with E-state index in [0.717, 1.165) is 67.8 Å². The molecule has 1 unspecified atom stereocenters. The summed E-state index contributed by atoms with van der Waals surface area (Å²) in [6.45, 7) is 0. The summed E-state index contributed by atoms with van der Waals surface area (Å²) in [4.78, 5) is 15.3. The van der Waals surface area contributed by atoms with E-state index in [-0.39, 0.29) is 5.92 Å². The van der Waals surface area contributed by atoms with Crippen molar-refractivity contribution < 1.29 is 0 Å². The Balaban J connectivity index is 1.06. The zero-order valence-corrected chi connectivity index (χ0v) is 25.7. The van der Waals surface area contributed by atoms with E-state index in [9.17, 15) is 0 Å². The SMILES string of the molecule is C1=CC(c2nc3c(nc4ccccn43)c3ccccc23)CC(c2ccc(-c3cc(-c4ccccc4)nc(-c4ccccc4)c3)cc2)=C1. The number of hydrogen-bond acceptors (Lipinski definition) is 3. The summed E-state index contributed by atoms with van der Waals surface area (Å²) in [6.07, 6.45) is 9.64. The van der Waals surface area contributed by atoms with Gasteiger partial charge in [0.05, 0.1) is 17.1 Å². The Morgan fingerprint density at radius 2 is 1.17 bits per heavy atom. The first-order valence-electron chi connectivity index (χ1n) is 16.0. The lowest BCUT2D eigenvalue weighted by Gasteiger charge is -2.20. The minimum absolute atomic E-state index is 0.153. The van der Waals surface area contributed by atoms with Crippen LogP contribution in [-0.2, 0) is 0 Å². The fourth-order valence-electron chi connectivity index (χ4n) is 6.81. The Hall–Kier alpha value is -6.13. The third-order valence-electron chi connectivity index (χ3n) is 9.17. The lowest BCUT2D eigenvalue weighted by atomic mass is 9.85. The molecule has 4 aromatic carbocycles. The minimum atomic E-state index is 0.153. The summed E-state index contributed by atoms with van der Waals surface area (Å²) >= 11 is 0. The second-order valence-electron chi connectivity index (χ2n) is 12.1. The summed E-state index contributed by atoms with van der Waals surface area (Å²) < 4.78 is 2.10. The monoisotopic (exact) mass is 602 g/mol. The molecule has 8 aromatic rings. The molecule has 1 atom stereocenters. The number of nitrogens with zero attached hydrogens (tertiary/aromatic N) is 4. The quantitative estimate of drug-likeness (QED) is 0.197. The van der Waals surface area contributed by atoms with Gasteiger partial charge >= 0.3 is 0 Å². The fourth-order valence-corrected chi connectivity index (χ4v) is 6.81. The van der Waals surface area contributed by atoms with E-state index in [1.807, 2.05) is 36.5 Å². The second kappa shape index (κ2) is 11.3. The van der Waals surface area contributed by atoms with E-state index in [1.165, 1.54) is 16.7 Å². The molecule has 4 aromatic heterocycles. The van der Waals surface area contributed by atoms with Crippen LogP contribution in [0.4, 0.5) is 0 Å². The number of allylic oxidation sites excluding steroid dienone is 4. The van der Waals surface area contributed by atoms with Gasteiger partial charge in [-0.3, -0.25) is 4.40 Å². The maximum atomic E-state index is 5.28. The predicted octanol–water partition coefficient (Wildman–Crippen LogP) is 10.6. The van der Waals surface area contributed by atoms with Gasteiger partial charge in [-0.05, 0) is 52.9 Å². The van der Waals surface area contributed by atoms with E-state index in [1.54, 1.807) is 0 Å². The number of aromatic nitrogens is 4. The molecule has 0 radical (unpaired) electrons. The summed E-state index contributed by atoms with van der Waals surface area (Å²) in [5.74, 6) is 0.153. The minimum Gasteiger partial charge on any atom is -0.284 e. The molecule has 47 heavy (non-hydrogen) atoms. The number of hydrogen-bond donors (Lipinski definition) is 0. The van der Waals surface area contributed by atoms with Crippen molar-refractivity contribution in [2.75, 3.05) is 0 Å². The van der Waals surface area contributed by atoms with Crippen LogP contribution in [0.3, 0.4) is 0 Å². The standard InChI is InChI=1S/C43H30N4/c1-3-12-31(13-4-1)38-27-35(28-39(44-38)32-14-5-2-6-15-32)30-23-21-29(22-24-30)33-16-11-17-34(26-33)41-36-18-7-8-19-37(36)42-43(46-41)47-25-10-9-20-40(47)45-42/h1-25,27-28,34H,26H2. The molecule has 1 aliphatic rings. The Morgan fingerprint density at radius 1 is 0.532 bits per heavy atom. The molecule has 0 bridgehead atoms. The fraction of sp³-hybridized carbons (Fsp3) is 0.0465. The van der Waals surface area contributed by atoms with Crippen LogP contribution in [0.1, 0.15) is 23.6 Å². The molecule has 1 aliphatic carbocycles. The van der Waals surface area contributed by atoms with Gasteiger partial charge in [0, 0.05) is 34.0 Å². The molecule has 0 saturated carbocycles. The largest absolute Gasteiger partial charge is 0.284 e. The van der Waals surface area contributed by atoms with Gasteiger partial charge in [0.1, 0.15) is 11.2 Å². The van der Waals surface area contributed by atoms with Crippen molar-refractivity contribution in [2.24, 2.45) is 0 Å². The second-order valence-corrected chi connectivity index (χ2v) is 12.1. The lowest BCUT2D eigenvalue weighted by Crippen LogP contribution is -2.05. The van der Waals surface area contributed by atoms with E-state index < -0.39 is 0 Å². The molecule has 0 N–H and O–H groups in total. The molecule has 0 amide bonds. The molecule has 9 rings (SSSR count). The molecule has 4 heterocycles. The maximum absolute atomic E-state index is 5.28. The Kier molecular flexibility index (Phi) is 6.57. The topological polar surface area (TPSA) is 43.1 Å². The summed E-state index contributed by atoms with van der Waals surface area (Å²) in [5.41, 5.74) is 12.9. The van der Waals surface area contributed by atoms with Crippen LogP contribution in [0.25, 0.3) is 66.8 Å². The van der Waals surface area contributed by atoms with Crippen LogP contribution >= 0.6 is 0 Å². The molecule has 222 valence electrons. The van der Waals surface area contributed by atoms with Crippen molar-refractivity contribution >= 4 is 33.2 Å². The average Bonchev–Trinajstić information content (AvgIpc) is 3.54. The molecule has 0 fully saturated rings. The Bertz CT molecular complexity index is 2420. The van der Waals surface area contributed by atoms with Gasteiger partial charge < -0.3 is 0 Å². The van der Waals surface area contributed by atoms with Crippen LogP contribution < -0.4 is 0 Å². The average molecular weight is 603 g/mol. The van der Waals surface area contributed by atoms with Crippen molar-refractivity contribution in [1.29, 1.82) is 0 Å². The summed E-state index contributed by atoms with van der Waals surface area (Å²) in [7, 11) is 0. The zero-order valence-electron chi connectivity index (χ0n) is 25.7. The normalized spacial score (nSPS) is 14.6. The highest BCUT2D eigenvalue weighted by Crippen LogP contribution is 2.39. The van der Waals surface area contributed by atoms with Crippen molar-refractivity contribution in [3.05, 3.63) is 175 Å². The lowest BCUT2D eigenvalue weighted by molar-refractivity contribution is 0.841. The highest BCUT2D eigenvalue weighted by atomic mass is 15.1. The molecule has 4 nitrogen and oxygen atoms in total. The zero-order chi connectivity index (χ0) is 31.2. The maximum Gasteiger partial charge on any atom is 0.165 e. The van der Waals surface area contributed by atoms with Gasteiger partial charge in [0.15, 0.2) is 5.65 Å². The van der Waals surface area contributed by atoms with Gasteiger partial charge in [0.25, 0.3) is 0 Å². The molecule has 0 saturated heterocycles. The van der Waals surface area contributed by atoms with Gasteiger partial charge in [0.2, 0.25) is 0 Å². The van der Waals surface area contributed by atoms with Crippen molar-refractivity contribution in [3.8, 4) is 33.6 Å². The third kappa shape index (κ3) is 4.91. The van der Waals surface area contributed by atoms with Crippen molar-refractivity contribution in [2.45, 2.75) is 12.3 Å². The van der Waals surface area contributed by atoms with Gasteiger partial charge in [-0.2, -0.15) is 0 Å². The highest BCUT2D eigenvalue weighted by molar-refractivity contribution is 6.05. The van der Waals surface area contributed by atoms with Crippen LogP contribution in [-0.4, -0.2) is 19.4 Å². The van der Waals surface area contributed by atoms with Crippen LogP contribution in [0.15, 0.2) is 164 Å². The molecule has 0 spiro atoms. The van der Waals surface area contributed by atoms with Gasteiger partial charge in [-0.15, -0.1) is 0 Å². The number of imidazole rings is 1. The highest BCUT2D eigenvalue weighted by Gasteiger charge is 2.22. The first kappa shape index (κ1) is 27.2. The number of rotatable bonds is 5. The first-order chi connectivity index (χ1) is 23.3. The molecular weight excluding hydrogens is 573 g/mol. The van der Waals surface area contributed by atoms with E-state index in [4.69, 9.17) is 15.0 Å². The van der Waals surface area contributed by atoms with E-state index in [0.29, 0.717) is 0 Å². The van der Waals surface area contributed by atoms with Crippen molar-refractivity contribution in [1.82, 2.24) is 19.4 Å². The summed E-state index contributed by atoms with van der Waals surface area (Å²) in [6, 6.07) is 48.8. The van der Waals surface area contributed by atoms with Gasteiger partial charge in [-0.25, -0.2) is 15.0 Å². The number of benzene rings is 4.